The fraction of sp³-hybridized carbons (Fsp3) is 0.0833. The van der Waals surface area contributed by atoms with Crippen LogP contribution in [0.1, 0.15) is 21.5 Å². The van der Waals surface area contributed by atoms with Crippen LogP contribution in [0.25, 0.3) is 6.08 Å². The number of carbonyl (C=O) groups is 2. The highest BCUT2D eigenvalue weighted by atomic mass is 127. The van der Waals surface area contributed by atoms with Gasteiger partial charge in [0.2, 0.25) is 0 Å². The number of amides is 2. The molecule has 0 saturated heterocycles. The van der Waals surface area contributed by atoms with Crippen molar-refractivity contribution in [3.63, 3.8) is 0 Å². The molecule has 0 unspecified atom stereocenters. The molecular weight excluding hydrogens is 491 g/mol. The molecule has 0 aromatic heterocycles. The van der Waals surface area contributed by atoms with Gasteiger partial charge in [0.05, 0.1) is 7.11 Å². The first-order chi connectivity index (χ1) is 14.4. The van der Waals surface area contributed by atoms with Crippen molar-refractivity contribution in [2.75, 3.05) is 12.4 Å². The predicted octanol–water partition coefficient (Wildman–Crippen LogP) is 5.02. The van der Waals surface area contributed by atoms with Crippen LogP contribution in [0.4, 0.5) is 5.69 Å². The lowest BCUT2D eigenvalue weighted by molar-refractivity contribution is -0.113. The molecule has 0 bridgehead atoms. The summed E-state index contributed by atoms with van der Waals surface area (Å²) in [5, 5.41) is 5.58. The Morgan fingerprint density at radius 1 is 0.967 bits per heavy atom. The van der Waals surface area contributed by atoms with E-state index in [1.165, 1.54) is 0 Å². The van der Waals surface area contributed by atoms with Crippen LogP contribution in [-0.2, 0) is 4.79 Å². The fourth-order valence-corrected chi connectivity index (χ4v) is 3.10. The summed E-state index contributed by atoms with van der Waals surface area (Å²) in [6.45, 7) is 1.91. The molecule has 0 fully saturated rings. The first kappa shape index (κ1) is 21.6. The maximum atomic E-state index is 12.9. The molecule has 2 N–H and O–H groups in total. The van der Waals surface area contributed by atoms with Gasteiger partial charge in [-0.25, -0.2) is 0 Å². The van der Waals surface area contributed by atoms with Gasteiger partial charge in [-0.15, -0.1) is 0 Å². The largest absolute Gasteiger partial charge is 0.497 e. The van der Waals surface area contributed by atoms with Crippen LogP contribution >= 0.6 is 22.6 Å². The fourth-order valence-electron chi connectivity index (χ4n) is 2.74. The summed E-state index contributed by atoms with van der Waals surface area (Å²) in [7, 11) is 1.59. The van der Waals surface area contributed by atoms with Gasteiger partial charge in [0, 0.05) is 14.8 Å². The number of halogens is 1. The van der Waals surface area contributed by atoms with E-state index in [0.717, 1.165) is 14.7 Å². The van der Waals surface area contributed by atoms with E-state index in [1.54, 1.807) is 37.5 Å². The Labute approximate surface area is 189 Å². The molecule has 3 rings (SSSR count). The third-order valence-electron chi connectivity index (χ3n) is 4.30. The second kappa shape index (κ2) is 10.1. The van der Waals surface area contributed by atoms with Crippen LogP contribution in [0, 0.1) is 10.5 Å². The van der Waals surface area contributed by atoms with Crippen LogP contribution < -0.4 is 15.4 Å². The normalized spacial score (nSPS) is 11.0. The van der Waals surface area contributed by atoms with Crippen molar-refractivity contribution in [2.45, 2.75) is 6.92 Å². The maximum absolute atomic E-state index is 12.9. The van der Waals surface area contributed by atoms with Crippen molar-refractivity contribution < 1.29 is 14.3 Å². The molecule has 0 aliphatic heterocycles. The van der Waals surface area contributed by atoms with E-state index in [1.807, 2.05) is 55.5 Å². The summed E-state index contributed by atoms with van der Waals surface area (Å²) in [6.07, 6.45) is 1.63. The molecule has 0 atom stereocenters. The number of aryl methyl sites for hydroxylation is 1. The van der Waals surface area contributed by atoms with E-state index in [2.05, 4.69) is 33.2 Å². The number of ether oxygens (including phenoxy) is 1. The average molecular weight is 512 g/mol. The molecule has 0 radical (unpaired) electrons. The minimum atomic E-state index is -0.409. The lowest BCUT2D eigenvalue weighted by Gasteiger charge is -2.12. The van der Waals surface area contributed by atoms with Gasteiger partial charge in [0.15, 0.2) is 0 Å². The molecule has 0 saturated carbocycles. The highest BCUT2D eigenvalue weighted by molar-refractivity contribution is 14.1. The number of nitrogens with one attached hydrogen (secondary N) is 2. The molecular formula is C24H21IN2O3. The molecule has 3 aromatic carbocycles. The van der Waals surface area contributed by atoms with Gasteiger partial charge in [-0.1, -0.05) is 29.8 Å². The first-order valence-corrected chi connectivity index (χ1v) is 10.3. The van der Waals surface area contributed by atoms with Crippen LogP contribution in [0.5, 0.6) is 5.75 Å². The highest BCUT2D eigenvalue weighted by Gasteiger charge is 2.15. The highest BCUT2D eigenvalue weighted by Crippen LogP contribution is 2.16. The van der Waals surface area contributed by atoms with Crippen molar-refractivity contribution in [1.29, 1.82) is 0 Å². The zero-order chi connectivity index (χ0) is 21.5. The van der Waals surface area contributed by atoms with Crippen LogP contribution in [0.2, 0.25) is 0 Å². The number of hydrogen-bond donors (Lipinski definition) is 2. The summed E-state index contributed by atoms with van der Waals surface area (Å²) >= 11 is 2.20. The third-order valence-corrected chi connectivity index (χ3v) is 5.02. The SMILES string of the molecule is COc1ccc(/C=C(\NC(=O)c2cccc(C)c2)C(=O)Nc2ccc(I)cc2)cc1. The zero-order valence-electron chi connectivity index (χ0n) is 16.6. The summed E-state index contributed by atoms with van der Waals surface area (Å²) in [4.78, 5) is 25.7. The summed E-state index contributed by atoms with van der Waals surface area (Å²) < 4.78 is 6.24. The first-order valence-electron chi connectivity index (χ1n) is 9.25. The van der Waals surface area contributed by atoms with E-state index < -0.39 is 5.91 Å². The minimum absolute atomic E-state index is 0.144. The Morgan fingerprint density at radius 3 is 2.30 bits per heavy atom. The number of anilines is 1. The molecule has 30 heavy (non-hydrogen) atoms. The van der Waals surface area contributed by atoms with Gasteiger partial charge in [0.25, 0.3) is 11.8 Å². The number of methoxy groups -OCH3 is 1. The Kier molecular flexibility index (Phi) is 7.24. The quantitative estimate of drug-likeness (QED) is 0.360. The molecule has 3 aromatic rings. The van der Waals surface area contributed by atoms with Crippen molar-refractivity contribution in [2.24, 2.45) is 0 Å². The van der Waals surface area contributed by atoms with Crippen LogP contribution in [0.15, 0.2) is 78.5 Å². The van der Waals surface area contributed by atoms with Crippen molar-refractivity contribution in [3.8, 4) is 5.75 Å². The van der Waals surface area contributed by atoms with Crippen molar-refractivity contribution in [3.05, 3.63) is 98.8 Å². The zero-order valence-corrected chi connectivity index (χ0v) is 18.8. The standard InChI is InChI=1S/C24H21IN2O3/c1-16-4-3-5-18(14-16)23(28)27-22(15-17-6-12-21(30-2)13-7-17)24(29)26-20-10-8-19(25)9-11-20/h3-15H,1-2H3,(H,26,29)(H,27,28)/b22-15-. The Balaban J connectivity index is 1.88. The van der Waals surface area contributed by atoms with Crippen LogP contribution in [-0.4, -0.2) is 18.9 Å². The van der Waals surface area contributed by atoms with Gasteiger partial charge in [-0.3, -0.25) is 9.59 Å². The smallest absolute Gasteiger partial charge is 0.272 e. The van der Waals surface area contributed by atoms with Gasteiger partial charge >= 0.3 is 0 Å². The summed E-state index contributed by atoms with van der Waals surface area (Å²) in [6, 6.07) is 21.8. The van der Waals surface area contributed by atoms with Gasteiger partial charge in [-0.2, -0.15) is 0 Å². The molecule has 0 spiro atoms. The van der Waals surface area contributed by atoms with E-state index in [9.17, 15) is 9.59 Å². The van der Waals surface area contributed by atoms with E-state index in [4.69, 9.17) is 4.74 Å². The number of hydrogen-bond acceptors (Lipinski definition) is 3. The predicted molar refractivity (Wildman–Crippen MR) is 127 cm³/mol. The topological polar surface area (TPSA) is 67.4 Å². The Hall–Kier alpha value is -3.13. The lowest BCUT2D eigenvalue weighted by atomic mass is 10.1. The van der Waals surface area contributed by atoms with Crippen LogP contribution in [0.3, 0.4) is 0 Å². The van der Waals surface area contributed by atoms with Gasteiger partial charge < -0.3 is 15.4 Å². The minimum Gasteiger partial charge on any atom is -0.497 e. The van der Waals surface area contributed by atoms with E-state index >= 15 is 0 Å². The molecule has 6 heteroatoms. The van der Waals surface area contributed by atoms with Gasteiger partial charge in [0.1, 0.15) is 11.4 Å². The van der Waals surface area contributed by atoms with Crippen molar-refractivity contribution >= 4 is 46.2 Å². The van der Waals surface area contributed by atoms with E-state index in [0.29, 0.717) is 17.0 Å². The molecule has 2 amide bonds. The second-order valence-corrected chi connectivity index (χ2v) is 7.86. The lowest BCUT2D eigenvalue weighted by Crippen LogP contribution is -2.30. The molecule has 0 heterocycles. The van der Waals surface area contributed by atoms with Gasteiger partial charge in [-0.05, 0) is 89.7 Å². The monoisotopic (exact) mass is 512 g/mol. The average Bonchev–Trinajstić information content (AvgIpc) is 2.75. The van der Waals surface area contributed by atoms with Crippen molar-refractivity contribution in [1.82, 2.24) is 5.32 Å². The molecule has 5 nitrogen and oxygen atoms in total. The van der Waals surface area contributed by atoms with E-state index in [-0.39, 0.29) is 11.6 Å². The summed E-state index contributed by atoms with van der Waals surface area (Å²) in [5.41, 5.74) is 2.99. The number of benzene rings is 3. The second-order valence-electron chi connectivity index (χ2n) is 6.62. The number of rotatable bonds is 6. The maximum Gasteiger partial charge on any atom is 0.272 e. The molecule has 152 valence electrons. The Morgan fingerprint density at radius 2 is 1.67 bits per heavy atom. The molecule has 0 aliphatic rings. The molecule has 0 aliphatic carbocycles. The third kappa shape index (κ3) is 5.93. The number of carbonyl (C=O) groups excluding carboxylic acids is 2. The Bertz CT molecular complexity index is 1070. The summed E-state index contributed by atoms with van der Waals surface area (Å²) in [5.74, 6) is -0.0508.